The van der Waals surface area contributed by atoms with Gasteiger partial charge in [0, 0.05) is 25.0 Å². The van der Waals surface area contributed by atoms with Crippen molar-refractivity contribution in [2.24, 2.45) is 20.7 Å². The van der Waals surface area contributed by atoms with Crippen molar-refractivity contribution in [1.29, 1.82) is 0 Å². The number of hydrogen-bond donors (Lipinski definition) is 0. The zero-order valence-electron chi connectivity index (χ0n) is 14.4. The largest absolute Gasteiger partial charge is 3.00 e. The van der Waals surface area contributed by atoms with E-state index >= 15 is 0 Å². The molecule has 0 aromatic heterocycles. The maximum atomic E-state index is 8.25. The van der Waals surface area contributed by atoms with Crippen LogP contribution in [0, 0.1) is 87.3 Å². The summed E-state index contributed by atoms with van der Waals surface area (Å²) in [5.41, 5.74) is 0.929. The van der Waals surface area contributed by atoms with Crippen LogP contribution in [-0.4, -0.2) is 27.2 Å². The average molecular weight is 564 g/mol. The van der Waals surface area contributed by atoms with Gasteiger partial charge in [0.05, 0.1) is 15.3 Å². The Labute approximate surface area is 192 Å². The van der Waals surface area contributed by atoms with E-state index in [2.05, 4.69) is 20.7 Å². The fourth-order valence-corrected chi connectivity index (χ4v) is 0.910. The van der Waals surface area contributed by atoms with Gasteiger partial charge in [-0.25, -0.2) is 0 Å². The average Bonchev–Trinajstić information content (AvgIpc) is 2.91. The number of allylic oxidation sites excluding steroid dienone is 3. The summed E-state index contributed by atoms with van der Waals surface area (Å²) >= 11 is 0. The fraction of sp³-hybridized carbons (Fsp3) is 0.143. The van der Waals surface area contributed by atoms with Gasteiger partial charge in [-0.15, -0.1) is 10.2 Å². The molecule has 0 unspecified atom stereocenters. The van der Waals surface area contributed by atoms with Crippen LogP contribution >= 0.6 is 0 Å². The van der Waals surface area contributed by atoms with E-state index in [-0.39, 0.29) is 63.2 Å². The molecule has 2 heterocycles. The van der Waals surface area contributed by atoms with E-state index in [4.69, 9.17) is 46.0 Å². The van der Waals surface area contributed by atoms with Crippen LogP contribution < -0.4 is 0 Å². The molecule has 0 atom stereocenters. The molecule has 0 bridgehead atoms. The molecule has 0 fully saturated rings. The fourth-order valence-electron chi connectivity index (χ4n) is 0.910. The molecule has 21 nitrogen and oxygen atoms in total. The molecule has 2 aliphatic rings. The van der Waals surface area contributed by atoms with Crippen LogP contribution in [0.1, 0.15) is 0 Å². The second-order valence-corrected chi connectivity index (χ2v) is 3.13. The van der Waals surface area contributed by atoms with Crippen molar-refractivity contribution >= 4 is 0 Å². The Morgan fingerprint density at radius 3 is 1.21 bits per heavy atom. The Balaban J connectivity index is -0.0000000495. The standard InChI is InChI=1S/C7H7N5.3NO3.4H2O.Pr/c1-12-4-2-6(3-5-12)7-8-10-11-9-7;3*2-1(3)4;;;;;/h2-5H,1H3;;;;4*1H2;/q;3*-1;;;;;+3/p+4. The van der Waals surface area contributed by atoms with E-state index < -0.39 is 15.3 Å². The van der Waals surface area contributed by atoms with E-state index in [0.29, 0.717) is 5.82 Å². The summed E-state index contributed by atoms with van der Waals surface area (Å²) in [7, 11) is 1.95. The van der Waals surface area contributed by atoms with Crippen molar-refractivity contribution in [3.8, 4) is 0 Å². The minimum atomic E-state index is -1.75. The molecule has 0 saturated heterocycles. The Morgan fingerprint density at radius 2 is 0.966 bits per heavy atom. The summed E-state index contributed by atoms with van der Waals surface area (Å²) in [5.74, 6) is 0.565. The molecular weight excluding hydrogens is 545 g/mol. The summed E-state index contributed by atoms with van der Waals surface area (Å²) in [5, 5.41) is 58.5. The minimum Gasteiger partial charge on any atom is -0.457 e. The molecule has 0 radical (unpaired) electrons. The molecule has 0 saturated carbocycles. The van der Waals surface area contributed by atoms with E-state index in [1.54, 1.807) is 0 Å². The van der Waals surface area contributed by atoms with Gasteiger partial charge >= 0.3 is 41.3 Å². The van der Waals surface area contributed by atoms with E-state index in [1.807, 2.05) is 36.5 Å². The molecule has 29 heavy (non-hydrogen) atoms. The summed E-state index contributed by atoms with van der Waals surface area (Å²) in [6.07, 6.45) is 7.68. The van der Waals surface area contributed by atoms with Gasteiger partial charge in [0.15, 0.2) is 0 Å². The van der Waals surface area contributed by atoms with Crippen molar-refractivity contribution in [2.75, 3.05) is 7.05 Å². The molecular formula is C7H19N8O13Pr+4. The first kappa shape index (κ1) is 45.0. The number of rotatable bonds is 0. The third kappa shape index (κ3) is 40.8. The normalized spacial score (nSPS) is 10.7. The third-order valence-electron chi connectivity index (χ3n) is 1.56. The smallest absolute Gasteiger partial charge is 0.457 e. The predicted molar refractivity (Wildman–Crippen MR) is 93.4 cm³/mol. The van der Waals surface area contributed by atoms with Crippen LogP contribution in [0.2, 0.25) is 0 Å². The van der Waals surface area contributed by atoms with Crippen molar-refractivity contribution in [2.45, 2.75) is 0 Å². The van der Waals surface area contributed by atoms with Crippen LogP contribution in [0.3, 0.4) is 0 Å². The van der Waals surface area contributed by atoms with Crippen LogP contribution in [0.25, 0.3) is 0 Å². The van der Waals surface area contributed by atoms with Crippen molar-refractivity contribution < 1.29 is 78.5 Å². The van der Waals surface area contributed by atoms with Crippen molar-refractivity contribution in [3.05, 3.63) is 81.9 Å². The molecule has 2 aliphatic heterocycles. The first-order valence-corrected chi connectivity index (χ1v) is 5.15. The van der Waals surface area contributed by atoms with Gasteiger partial charge in [0.2, 0.25) is 5.82 Å². The van der Waals surface area contributed by atoms with E-state index in [1.165, 1.54) is 0 Å². The molecule has 0 aliphatic carbocycles. The Bertz CT molecular complexity index is 535. The van der Waals surface area contributed by atoms with Gasteiger partial charge in [-0.05, 0) is 22.6 Å². The first-order valence-electron chi connectivity index (χ1n) is 5.15. The Morgan fingerprint density at radius 1 is 0.724 bits per heavy atom. The number of nitrogens with zero attached hydrogens (tertiary/aromatic N) is 8. The monoisotopic (exact) mass is 564 g/mol. The van der Waals surface area contributed by atoms with E-state index in [0.717, 1.165) is 5.57 Å². The zero-order chi connectivity index (χ0) is 19.1. The van der Waals surface area contributed by atoms with E-state index in [9.17, 15) is 0 Å². The quantitative estimate of drug-likeness (QED) is 0.170. The SMILES string of the molecule is CN1C=CC(=C2N=NN=N2)C=C1.O=[N+]([O-])[O-].O=[N+]([O-])[O-].O=[N+]([O-])[O-].[OH3+].[OH3+].[OH3+].[OH3+].[Pr+3]. The van der Waals surface area contributed by atoms with Gasteiger partial charge < -0.3 is 72.8 Å². The van der Waals surface area contributed by atoms with Crippen LogP contribution in [-0.2, 0) is 21.9 Å². The number of hydrogen-bond acceptors (Lipinski definition) is 14. The van der Waals surface area contributed by atoms with Crippen LogP contribution in [0.4, 0.5) is 0 Å². The molecule has 2 rings (SSSR count). The first-order chi connectivity index (χ1) is 11.1. The van der Waals surface area contributed by atoms with Gasteiger partial charge in [-0.3, -0.25) is 0 Å². The molecule has 22 heteroatoms. The summed E-state index contributed by atoms with van der Waals surface area (Å²) < 4.78 is 0. The second kappa shape index (κ2) is 27.2. The van der Waals surface area contributed by atoms with Crippen molar-refractivity contribution in [3.63, 3.8) is 0 Å². The predicted octanol–water partition coefficient (Wildman–Crippen LogP) is -2.40. The Kier molecular flexibility index (Phi) is 42.3. The minimum absolute atomic E-state index is 0. The second-order valence-electron chi connectivity index (χ2n) is 3.13. The maximum absolute atomic E-state index is 8.25. The molecule has 0 aromatic rings. The van der Waals surface area contributed by atoms with Gasteiger partial charge in [0.25, 0.3) is 0 Å². The van der Waals surface area contributed by atoms with Crippen LogP contribution in [0.15, 0.2) is 56.6 Å². The molecule has 12 N–H and O–H groups in total. The molecule has 0 spiro atoms. The van der Waals surface area contributed by atoms with Crippen molar-refractivity contribution in [1.82, 2.24) is 4.90 Å². The molecule has 0 aromatic carbocycles. The Hall–Kier alpha value is -2.98. The van der Waals surface area contributed by atoms with Gasteiger partial charge in [-0.1, -0.05) is 0 Å². The van der Waals surface area contributed by atoms with Gasteiger partial charge in [0.1, 0.15) is 0 Å². The third-order valence-corrected chi connectivity index (χ3v) is 1.56. The summed E-state index contributed by atoms with van der Waals surface area (Å²) in [6, 6.07) is 0. The maximum Gasteiger partial charge on any atom is 3.00 e. The molecule has 0 amide bonds. The molecule has 164 valence electrons. The zero-order valence-corrected chi connectivity index (χ0v) is 18.2. The topological polar surface area (TPSA) is 383 Å². The summed E-state index contributed by atoms with van der Waals surface area (Å²) in [6.45, 7) is 0. The van der Waals surface area contributed by atoms with Gasteiger partial charge in [-0.2, -0.15) is 0 Å². The van der Waals surface area contributed by atoms with Crippen LogP contribution in [0.5, 0.6) is 0 Å². The summed E-state index contributed by atoms with van der Waals surface area (Å²) in [4.78, 5) is 26.7.